The molecule has 0 radical (unpaired) electrons. The van der Waals surface area contributed by atoms with Crippen LogP contribution in [0.25, 0.3) is 0 Å². The summed E-state index contributed by atoms with van der Waals surface area (Å²) in [6.07, 6.45) is 0. The predicted octanol–water partition coefficient (Wildman–Crippen LogP) is 2.96. The zero-order chi connectivity index (χ0) is 13.0. The van der Waals surface area contributed by atoms with Gasteiger partial charge in [-0.25, -0.2) is 8.78 Å². The van der Waals surface area contributed by atoms with E-state index in [0.717, 1.165) is 6.07 Å². The molecule has 0 aromatic heterocycles. The van der Waals surface area contributed by atoms with Crippen LogP contribution in [-0.4, -0.2) is 5.11 Å². The standard InChI is InChI=1S/C14H13F2NO/c15-12-5-10(6-13(18)7-12)8-17-9-11-3-1-2-4-14(11)16/h1-7,17-18H,8-9H2. The van der Waals surface area contributed by atoms with Crippen LogP contribution in [-0.2, 0) is 13.1 Å². The molecule has 0 aliphatic carbocycles. The van der Waals surface area contributed by atoms with Gasteiger partial charge < -0.3 is 10.4 Å². The quantitative estimate of drug-likeness (QED) is 0.873. The van der Waals surface area contributed by atoms with E-state index in [9.17, 15) is 13.9 Å². The van der Waals surface area contributed by atoms with Crippen LogP contribution in [0.15, 0.2) is 42.5 Å². The molecule has 0 unspecified atom stereocenters. The highest BCUT2D eigenvalue weighted by molar-refractivity contribution is 5.28. The van der Waals surface area contributed by atoms with Gasteiger partial charge >= 0.3 is 0 Å². The zero-order valence-corrected chi connectivity index (χ0v) is 9.66. The SMILES string of the molecule is Oc1cc(F)cc(CNCc2ccccc2F)c1. The Hall–Kier alpha value is -1.94. The molecule has 0 aliphatic rings. The molecule has 2 rings (SSSR count). The van der Waals surface area contributed by atoms with Gasteiger partial charge in [0.15, 0.2) is 0 Å². The third-order valence-electron chi connectivity index (χ3n) is 2.54. The first-order valence-electron chi connectivity index (χ1n) is 5.58. The van der Waals surface area contributed by atoms with Crippen molar-refractivity contribution in [3.63, 3.8) is 0 Å². The number of phenols is 1. The van der Waals surface area contributed by atoms with E-state index in [1.807, 2.05) is 0 Å². The summed E-state index contributed by atoms with van der Waals surface area (Å²) in [6, 6.07) is 10.3. The molecule has 0 atom stereocenters. The monoisotopic (exact) mass is 249 g/mol. The summed E-state index contributed by atoms with van der Waals surface area (Å²) in [5.74, 6) is -0.873. The molecular formula is C14H13F2NO. The molecule has 18 heavy (non-hydrogen) atoms. The third kappa shape index (κ3) is 3.28. The number of hydrogen-bond acceptors (Lipinski definition) is 2. The van der Waals surface area contributed by atoms with Gasteiger partial charge in [-0.2, -0.15) is 0 Å². The van der Waals surface area contributed by atoms with Gasteiger partial charge in [0.1, 0.15) is 17.4 Å². The van der Waals surface area contributed by atoms with Gasteiger partial charge in [-0.1, -0.05) is 18.2 Å². The van der Waals surface area contributed by atoms with Crippen LogP contribution >= 0.6 is 0 Å². The average Bonchev–Trinajstić information content (AvgIpc) is 2.30. The lowest BCUT2D eigenvalue weighted by atomic mass is 10.2. The number of phenolic OH excluding ortho intramolecular Hbond substituents is 1. The van der Waals surface area contributed by atoms with Crippen molar-refractivity contribution >= 4 is 0 Å². The Balaban J connectivity index is 1.94. The van der Waals surface area contributed by atoms with Crippen LogP contribution in [0.5, 0.6) is 5.75 Å². The van der Waals surface area contributed by atoms with E-state index in [4.69, 9.17) is 0 Å². The smallest absolute Gasteiger partial charge is 0.127 e. The zero-order valence-electron chi connectivity index (χ0n) is 9.66. The first-order valence-corrected chi connectivity index (χ1v) is 5.58. The highest BCUT2D eigenvalue weighted by Crippen LogP contribution is 2.14. The highest BCUT2D eigenvalue weighted by Gasteiger charge is 2.02. The second-order valence-electron chi connectivity index (χ2n) is 4.01. The van der Waals surface area contributed by atoms with E-state index in [2.05, 4.69) is 5.32 Å². The Morgan fingerprint density at radius 3 is 2.50 bits per heavy atom. The molecule has 0 amide bonds. The highest BCUT2D eigenvalue weighted by atomic mass is 19.1. The Morgan fingerprint density at radius 1 is 1.00 bits per heavy atom. The molecule has 0 aliphatic heterocycles. The maximum absolute atomic E-state index is 13.3. The minimum Gasteiger partial charge on any atom is -0.508 e. The van der Waals surface area contributed by atoms with Crippen molar-refractivity contribution < 1.29 is 13.9 Å². The van der Waals surface area contributed by atoms with Gasteiger partial charge in [0, 0.05) is 24.7 Å². The Labute approximate surface area is 104 Å². The van der Waals surface area contributed by atoms with Crippen LogP contribution in [0.1, 0.15) is 11.1 Å². The van der Waals surface area contributed by atoms with Crippen molar-refractivity contribution in [1.82, 2.24) is 5.32 Å². The summed E-state index contributed by atoms with van der Waals surface area (Å²) in [4.78, 5) is 0. The fourth-order valence-electron chi connectivity index (χ4n) is 1.72. The number of rotatable bonds is 4. The topological polar surface area (TPSA) is 32.3 Å². The van der Waals surface area contributed by atoms with Gasteiger partial charge in [-0.3, -0.25) is 0 Å². The Morgan fingerprint density at radius 2 is 1.78 bits per heavy atom. The second kappa shape index (κ2) is 5.60. The second-order valence-corrected chi connectivity index (χ2v) is 4.01. The maximum atomic E-state index is 13.3. The van der Waals surface area contributed by atoms with Crippen molar-refractivity contribution in [3.8, 4) is 5.75 Å². The van der Waals surface area contributed by atoms with Crippen LogP contribution in [0.4, 0.5) is 8.78 Å². The number of nitrogens with one attached hydrogen (secondary N) is 1. The van der Waals surface area contributed by atoms with Crippen molar-refractivity contribution in [2.24, 2.45) is 0 Å². The summed E-state index contributed by atoms with van der Waals surface area (Å²) in [6.45, 7) is 0.712. The average molecular weight is 249 g/mol. The molecule has 0 fully saturated rings. The molecule has 0 saturated heterocycles. The molecule has 0 spiro atoms. The Bertz CT molecular complexity index is 523. The molecule has 2 N–H and O–H groups in total. The summed E-state index contributed by atoms with van der Waals surface area (Å²) in [5, 5.41) is 12.2. The van der Waals surface area contributed by atoms with Crippen LogP contribution in [0.2, 0.25) is 0 Å². The predicted molar refractivity (Wildman–Crippen MR) is 65.0 cm³/mol. The minimum atomic E-state index is -0.488. The van der Waals surface area contributed by atoms with Gasteiger partial charge in [0.2, 0.25) is 0 Å². The first kappa shape index (κ1) is 12.5. The summed E-state index contributed by atoms with van der Waals surface area (Å²) < 4.78 is 26.3. The summed E-state index contributed by atoms with van der Waals surface area (Å²) in [5.41, 5.74) is 1.17. The normalized spacial score (nSPS) is 10.6. The van der Waals surface area contributed by atoms with E-state index >= 15 is 0 Å². The van der Waals surface area contributed by atoms with Gasteiger partial charge in [0.25, 0.3) is 0 Å². The van der Waals surface area contributed by atoms with E-state index in [-0.39, 0.29) is 11.6 Å². The van der Waals surface area contributed by atoms with Crippen molar-refractivity contribution in [3.05, 3.63) is 65.2 Å². The molecule has 0 bridgehead atoms. The molecular weight excluding hydrogens is 236 g/mol. The van der Waals surface area contributed by atoms with E-state index in [1.54, 1.807) is 18.2 Å². The Kier molecular flexibility index (Phi) is 3.89. The molecule has 4 heteroatoms. The van der Waals surface area contributed by atoms with Crippen LogP contribution in [0.3, 0.4) is 0 Å². The third-order valence-corrected chi connectivity index (χ3v) is 2.54. The molecule has 0 heterocycles. The fraction of sp³-hybridized carbons (Fsp3) is 0.143. The van der Waals surface area contributed by atoms with Crippen molar-refractivity contribution in [2.75, 3.05) is 0 Å². The lowest BCUT2D eigenvalue weighted by Crippen LogP contribution is -2.13. The van der Waals surface area contributed by atoms with Gasteiger partial charge in [-0.05, 0) is 23.8 Å². The summed E-state index contributed by atoms with van der Waals surface area (Å²) >= 11 is 0. The number of benzene rings is 2. The molecule has 0 saturated carbocycles. The van der Waals surface area contributed by atoms with Gasteiger partial charge in [-0.15, -0.1) is 0 Å². The molecule has 2 nitrogen and oxygen atoms in total. The van der Waals surface area contributed by atoms with E-state index in [0.29, 0.717) is 24.2 Å². The lowest BCUT2D eigenvalue weighted by molar-refractivity contribution is 0.467. The van der Waals surface area contributed by atoms with E-state index in [1.165, 1.54) is 18.2 Å². The van der Waals surface area contributed by atoms with Crippen LogP contribution < -0.4 is 5.32 Å². The minimum absolute atomic E-state index is 0.113. The fourth-order valence-corrected chi connectivity index (χ4v) is 1.72. The van der Waals surface area contributed by atoms with Gasteiger partial charge in [0.05, 0.1) is 0 Å². The lowest BCUT2D eigenvalue weighted by Gasteiger charge is -2.06. The molecule has 2 aromatic rings. The number of halogens is 2. The van der Waals surface area contributed by atoms with Crippen molar-refractivity contribution in [1.29, 1.82) is 0 Å². The summed E-state index contributed by atoms with van der Waals surface area (Å²) in [7, 11) is 0. The largest absolute Gasteiger partial charge is 0.508 e. The number of aromatic hydroxyl groups is 1. The van der Waals surface area contributed by atoms with E-state index < -0.39 is 5.82 Å². The molecule has 94 valence electrons. The van der Waals surface area contributed by atoms with Crippen molar-refractivity contribution in [2.45, 2.75) is 13.1 Å². The van der Waals surface area contributed by atoms with Crippen LogP contribution in [0, 0.1) is 11.6 Å². The molecule has 2 aromatic carbocycles. The first-order chi connectivity index (χ1) is 8.65. The number of hydrogen-bond donors (Lipinski definition) is 2. The maximum Gasteiger partial charge on any atom is 0.127 e.